The van der Waals surface area contributed by atoms with Crippen LogP contribution in [0.4, 0.5) is 0 Å². The van der Waals surface area contributed by atoms with E-state index in [1.165, 1.54) is 6.42 Å². The van der Waals surface area contributed by atoms with E-state index in [0.29, 0.717) is 18.4 Å². The smallest absolute Gasteiger partial charge is 0.177 e. The molecule has 0 N–H and O–H groups in total. The Morgan fingerprint density at radius 1 is 1.28 bits per heavy atom. The number of Topliss-reactive ketones (excluding diaryl/α,β-unsaturated/α-hetero) is 1. The van der Waals surface area contributed by atoms with Crippen molar-refractivity contribution in [3.8, 4) is 0 Å². The van der Waals surface area contributed by atoms with Gasteiger partial charge in [0.15, 0.2) is 5.78 Å². The number of rotatable bonds is 3. The molecule has 1 aromatic carbocycles. The van der Waals surface area contributed by atoms with Crippen LogP contribution >= 0.6 is 15.9 Å². The van der Waals surface area contributed by atoms with Crippen molar-refractivity contribution in [2.45, 2.75) is 20.3 Å². The molecule has 18 heavy (non-hydrogen) atoms. The Hall–Kier alpha value is -0.670. The van der Waals surface area contributed by atoms with Crippen LogP contribution < -0.4 is 0 Å². The summed E-state index contributed by atoms with van der Waals surface area (Å²) in [5.41, 5.74) is 0.795. The van der Waals surface area contributed by atoms with Crippen molar-refractivity contribution in [2.75, 3.05) is 19.6 Å². The SMILES string of the molecule is CC1CC(C)CN(CC(=O)c2ccccc2Br)C1. The highest BCUT2D eigenvalue weighted by Crippen LogP contribution is 2.22. The van der Waals surface area contributed by atoms with Crippen LogP contribution in [0.3, 0.4) is 0 Å². The number of hydrogen-bond donors (Lipinski definition) is 0. The summed E-state index contributed by atoms with van der Waals surface area (Å²) in [6.45, 7) is 7.16. The predicted octanol–water partition coefficient (Wildman–Crippen LogP) is 3.61. The molecule has 0 amide bonds. The normalized spacial score (nSPS) is 25.1. The highest BCUT2D eigenvalue weighted by molar-refractivity contribution is 9.10. The van der Waals surface area contributed by atoms with Crippen LogP contribution in [-0.2, 0) is 0 Å². The summed E-state index contributed by atoms with van der Waals surface area (Å²) in [5, 5.41) is 0. The lowest BCUT2D eigenvalue weighted by Crippen LogP contribution is -2.41. The van der Waals surface area contributed by atoms with Gasteiger partial charge in [0.1, 0.15) is 0 Å². The summed E-state index contributed by atoms with van der Waals surface area (Å²) in [6, 6.07) is 7.67. The number of likely N-dealkylation sites (tertiary alicyclic amines) is 1. The van der Waals surface area contributed by atoms with E-state index in [1.807, 2.05) is 24.3 Å². The van der Waals surface area contributed by atoms with Gasteiger partial charge in [0, 0.05) is 23.1 Å². The molecular formula is C15H20BrNO. The molecule has 1 aromatic rings. The number of benzene rings is 1. The third kappa shape index (κ3) is 3.42. The molecule has 3 heteroatoms. The Morgan fingerprint density at radius 2 is 1.89 bits per heavy atom. The minimum absolute atomic E-state index is 0.212. The molecule has 1 aliphatic heterocycles. The van der Waals surface area contributed by atoms with Gasteiger partial charge in [-0.3, -0.25) is 9.69 Å². The lowest BCUT2D eigenvalue weighted by atomic mass is 9.91. The molecule has 1 fully saturated rings. The molecule has 0 radical (unpaired) electrons. The van der Waals surface area contributed by atoms with Crippen LogP contribution in [-0.4, -0.2) is 30.3 Å². The van der Waals surface area contributed by atoms with E-state index in [4.69, 9.17) is 0 Å². The van der Waals surface area contributed by atoms with Crippen molar-refractivity contribution in [1.82, 2.24) is 4.90 Å². The molecule has 1 saturated heterocycles. The molecule has 2 atom stereocenters. The molecule has 2 nitrogen and oxygen atoms in total. The average Bonchev–Trinajstić information content (AvgIpc) is 2.27. The van der Waals surface area contributed by atoms with E-state index in [0.717, 1.165) is 23.1 Å². The maximum Gasteiger partial charge on any atom is 0.177 e. The quantitative estimate of drug-likeness (QED) is 0.795. The zero-order valence-electron chi connectivity index (χ0n) is 11.0. The van der Waals surface area contributed by atoms with Gasteiger partial charge in [-0.1, -0.05) is 48.0 Å². The van der Waals surface area contributed by atoms with E-state index in [1.54, 1.807) is 0 Å². The zero-order chi connectivity index (χ0) is 13.1. The summed E-state index contributed by atoms with van der Waals surface area (Å²) in [4.78, 5) is 14.6. The van der Waals surface area contributed by atoms with Gasteiger partial charge in [0.2, 0.25) is 0 Å². The minimum atomic E-state index is 0.212. The van der Waals surface area contributed by atoms with Crippen molar-refractivity contribution >= 4 is 21.7 Å². The van der Waals surface area contributed by atoms with E-state index in [9.17, 15) is 4.79 Å². The second-order valence-corrected chi connectivity index (χ2v) is 6.40. The number of piperidine rings is 1. The van der Waals surface area contributed by atoms with Gasteiger partial charge in [-0.05, 0) is 24.3 Å². The first kappa shape index (κ1) is 13.8. The fourth-order valence-electron chi connectivity index (χ4n) is 2.90. The van der Waals surface area contributed by atoms with Crippen LogP contribution in [0, 0.1) is 11.8 Å². The Balaban J connectivity index is 2.01. The van der Waals surface area contributed by atoms with Gasteiger partial charge in [-0.15, -0.1) is 0 Å². The van der Waals surface area contributed by atoms with Crippen molar-refractivity contribution in [3.63, 3.8) is 0 Å². The molecule has 1 heterocycles. The molecule has 2 rings (SSSR count). The Labute approximate surface area is 117 Å². The van der Waals surface area contributed by atoms with E-state index >= 15 is 0 Å². The van der Waals surface area contributed by atoms with Gasteiger partial charge in [0.25, 0.3) is 0 Å². The second kappa shape index (κ2) is 5.98. The largest absolute Gasteiger partial charge is 0.295 e. The molecule has 0 aliphatic carbocycles. The molecule has 98 valence electrons. The van der Waals surface area contributed by atoms with Gasteiger partial charge in [-0.2, -0.15) is 0 Å². The average molecular weight is 310 g/mol. The molecule has 2 unspecified atom stereocenters. The number of halogens is 1. The van der Waals surface area contributed by atoms with Crippen LogP contribution in [0.15, 0.2) is 28.7 Å². The predicted molar refractivity (Wildman–Crippen MR) is 77.9 cm³/mol. The summed E-state index contributed by atoms with van der Waals surface area (Å²) < 4.78 is 0.896. The van der Waals surface area contributed by atoms with Crippen LogP contribution in [0.5, 0.6) is 0 Å². The molecule has 0 spiro atoms. The standard InChI is InChI=1S/C15H20BrNO/c1-11-7-12(2)9-17(8-11)10-15(18)13-5-3-4-6-14(13)16/h3-6,11-12H,7-10H2,1-2H3. The maximum absolute atomic E-state index is 12.3. The van der Waals surface area contributed by atoms with Crippen molar-refractivity contribution in [1.29, 1.82) is 0 Å². The highest BCUT2D eigenvalue weighted by Gasteiger charge is 2.24. The van der Waals surface area contributed by atoms with E-state index in [2.05, 4.69) is 34.7 Å². The Kier molecular flexibility index (Phi) is 4.57. The highest BCUT2D eigenvalue weighted by atomic mass is 79.9. The van der Waals surface area contributed by atoms with Gasteiger partial charge in [-0.25, -0.2) is 0 Å². The minimum Gasteiger partial charge on any atom is -0.295 e. The van der Waals surface area contributed by atoms with Crippen LogP contribution in [0.2, 0.25) is 0 Å². The Morgan fingerprint density at radius 3 is 2.50 bits per heavy atom. The van der Waals surface area contributed by atoms with Crippen LogP contribution in [0.25, 0.3) is 0 Å². The molecular weight excluding hydrogens is 290 g/mol. The number of hydrogen-bond acceptors (Lipinski definition) is 2. The van der Waals surface area contributed by atoms with Crippen molar-refractivity contribution in [3.05, 3.63) is 34.3 Å². The third-order valence-corrected chi connectivity index (χ3v) is 4.18. The lowest BCUT2D eigenvalue weighted by Gasteiger charge is -2.34. The number of ketones is 1. The maximum atomic E-state index is 12.3. The van der Waals surface area contributed by atoms with Crippen LogP contribution in [0.1, 0.15) is 30.6 Å². The first-order valence-corrected chi connectivity index (χ1v) is 7.35. The molecule has 0 aromatic heterocycles. The first-order valence-electron chi connectivity index (χ1n) is 6.56. The monoisotopic (exact) mass is 309 g/mol. The van der Waals surface area contributed by atoms with E-state index < -0.39 is 0 Å². The van der Waals surface area contributed by atoms with Gasteiger partial charge < -0.3 is 0 Å². The lowest BCUT2D eigenvalue weighted by molar-refractivity contribution is 0.0849. The zero-order valence-corrected chi connectivity index (χ0v) is 12.6. The van der Waals surface area contributed by atoms with E-state index in [-0.39, 0.29) is 5.78 Å². The molecule has 0 bridgehead atoms. The molecule has 0 saturated carbocycles. The summed E-state index contributed by atoms with van der Waals surface area (Å²) in [7, 11) is 0. The van der Waals surface area contributed by atoms with Crippen molar-refractivity contribution in [2.24, 2.45) is 11.8 Å². The van der Waals surface area contributed by atoms with Crippen molar-refractivity contribution < 1.29 is 4.79 Å². The summed E-state index contributed by atoms with van der Waals surface area (Å²) in [5.74, 6) is 1.60. The fraction of sp³-hybridized carbons (Fsp3) is 0.533. The Bertz CT molecular complexity index is 422. The number of nitrogens with zero attached hydrogens (tertiary/aromatic N) is 1. The summed E-state index contributed by atoms with van der Waals surface area (Å²) >= 11 is 3.45. The first-order chi connectivity index (χ1) is 8.56. The topological polar surface area (TPSA) is 20.3 Å². The number of carbonyl (C=O) groups is 1. The van der Waals surface area contributed by atoms with Gasteiger partial charge in [0.05, 0.1) is 6.54 Å². The molecule has 1 aliphatic rings. The number of carbonyl (C=O) groups excluding carboxylic acids is 1. The third-order valence-electron chi connectivity index (χ3n) is 3.49. The van der Waals surface area contributed by atoms with Gasteiger partial charge >= 0.3 is 0 Å². The summed E-state index contributed by atoms with van der Waals surface area (Å²) in [6.07, 6.45) is 1.28. The second-order valence-electron chi connectivity index (χ2n) is 5.54. The fourth-order valence-corrected chi connectivity index (χ4v) is 3.40.